The van der Waals surface area contributed by atoms with Crippen molar-refractivity contribution < 1.29 is 23.8 Å². The van der Waals surface area contributed by atoms with Crippen LogP contribution in [0, 0.1) is 0 Å². The smallest absolute Gasteiger partial charge is 0.339 e. The van der Waals surface area contributed by atoms with Crippen molar-refractivity contribution >= 4 is 40.8 Å². The lowest BCUT2D eigenvalue weighted by atomic mass is 10.2. The lowest BCUT2D eigenvalue weighted by Gasteiger charge is -2.15. The van der Waals surface area contributed by atoms with E-state index in [1.165, 1.54) is 33.3 Å². The van der Waals surface area contributed by atoms with E-state index in [4.69, 9.17) is 37.4 Å². The molecule has 0 saturated heterocycles. The van der Waals surface area contributed by atoms with Gasteiger partial charge in [-0.2, -0.15) is 0 Å². The molecule has 0 fully saturated rings. The zero-order chi connectivity index (χ0) is 19.3. The topological polar surface area (TPSA) is 73.9 Å². The average molecular weight is 398 g/mol. The second kappa shape index (κ2) is 8.78. The van der Waals surface area contributed by atoms with Crippen LogP contribution in [0.4, 0.5) is 5.69 Å². The highest BCUT2D eigenvalue weighted by Crippen LogP contribution is 2.36. The fourth-order valence-corrected chi connectivity index (χ4v) is 2.61. The summed E-state index contributed by atoms with van der Waals surface area (Å²) in [5, 5.41) is 3.29. The normalized spacial score (nSPS) is 11.4. The van der Waals surface area contributed by atoms with E-state index in [-0.39, 0.29) is 16.3 Å². The Morgan fingerprint density at radius 1 is 1.08 bits per heavy atom. The molecule has 26 heavy (non-hydrogen) atoms. The summed E-state index contributed by atoms with van der Waals surface area (Å²) in [5.41, 5.74) is 0.634. The van der Waals surface area contributed by atoms with E-state index < -0.39 is 18.0 Å². The first-order chi connectivity index (χ1) is 12.3. The number of carbonyl (C=O) groups is 2. The Labute approximate surface area is 160 Å². The van der Waals surface area contributed by atoms with Crippen molar-refractivity contribution in [3.05, 3.63) is 52.0 Å². The zero-order valence-corrected chi connectivity index (χ0v) is 15.9. The van der Waals surface area contributed by atoms with E-state index >= 15 is 0 Å². The first kappa shape index (κ1) is 19.9. The molecule has 1 atom stereocenters. The van der Waals surface area contributed by atoms with Gasteiger partial charge in [-0.25, -0.2) is 4.79 Å². The van der Waals surface area contributed by atoms with Crippen LogP contribution in [0.2, 0.25) is 10.0 Å². The number of hydrogen-bond donors (Lipinski definition) is 1. The Bertz CT molecular complexity index is 825. The zero-order valence-electron chi connectivity index (χ0n) is 14.3. The molecule has 2 rings (SSSR count). The second-order valence-electron chi connectivity index (χ2n) is 5.24. The van der Waals surface area contributed by atoms with E-state index in [0.717, 1.165) is 0 Å². The van der Waals surface area contributed by atoms with E-state index in [2.05, 4.69) is 5.32 Å². The maximum atomic E-state index is 12.3. The number of halogens is 2. The molecule has 2 aromatic rings. The largest absolute Gasteiger partial charge is 0.493 e. The lowest BCUT2D eigenvalue weighted by Crippen LogP contribution is -2.30. The molecule has 0 saturated carbocycles. The number of hydrogen-bond acceptors (Lipinski definition) is 5. The summed E-state index contributed by atoms with van der Waals surface area (Å²) in [6.45, 7) is 1.46. The number of nitrogens with one attached hydrogen (secondary N) is 1. The number of rotatable bonds is 6. The third kappa shape index (κ3) is 4.80. The molecule has 0 spiro atoms. The van der Waals surface area contributed by atoms with Crippen molar-refractivity contribution in [3.63, 3.8) is 0 Å². The Hall–Kier alpha value is -2.44. The van der Waals surface area contributed by atoms with Gasteiger partial charge in [-0.3, -0.25) is 4.79 Å². The van der Waals surface area contributed by atoms with Gasteiger partial charge in [0.15, 0.2) is 17.6 Å². The van der Waals surface area contributed by atoms with Gasteiger partial charge in [0, 0.05) is 10.7 Å². The highest BCUT2D eigenvalue weighted by Gasteiger charge is 2.21. The molecule has 0 aliphatic heterocycles. The van der Waals surface area contributed by atoms with E-state index in [1.54, 1.807) is 24.3 Å². The third-order valence-electron chi connectivity index (χ3n) is 3.41. The molecule has 0 aromatic heterocycles. The van der Waals surface area contributed by atoms with Gasteiger partial charge in [0.1, 0.15) is 0 Å². The predicted molar refractivity (Wildman–Crippen MR) is 99.5 cm³/mol. The number of anilines is 1. The van der Waals surface area contributed by atoms with Gasteiger partial charge in [-0.1, -0.05) is 29.3 Å². The molecule has 6 nitrogen and oxygen atoms in total. The number of esters is 1. The van der Waals surface area contributed by atoms with Crippen molar-refractivity contribution in [1.29, 1.82) is 0 Å². The molecule has 0 unspecified atom stereocenters. The Morgan fingerprint density at radius 2 is 1.81 bits per heavy atom. The quantitative estimate of drug-likeness (QED) is 0.739. The minimum Gasteiger partial charge on any atom is -0.493 e. The van der Waals surface area contributed by atoms with Crippen LogP contribution in [0.3, 0.4) is 0 Å². The number of benzene rings is 2. The molecular weight excluding hydrogens is 381 g/mol. The average Bonchev–Trinajstić information content (AvgIpc) is 2.60. The summed E-state index contributed by atoms with van der Waals surface area (Å²) in [5.74, 6) is -0.630. The summed E-state index contributed by atoms with van der Waals surface area (Å²) < 4.78 is 15.4. The molecule has 1 amide bonds. The van der Waals surface area contributed by atoms with E-state index in [0.29, 0.717) is 16.5 Å². The Balaban J connectivity index is 2.09. The molecule has 0 aliphatic carbocycles. The number of carbonyl (C=O) groups excluding carboxylic acids is 2. The molecule has 2 aromatic carbocycles. The maximum Gasteiger partial charge on any atom is 0.339 e. The molecule has 0 bridgehead atoms. The van der Waals surface area contributed by atoms with Gasteiger partial charge in [0.2, 0.25) is 0 Å². The van der Waals surface area contributed by atoms with Crippen LogP contribution in [0.1, 0.15) is 17.3 Å². The Morgan fingerprint density at radius 3 is 2.42 bits per heavy atom. The molecular formula is C18H17Cl2NO5. The molecule has 0 aliphatic rings. The minimum absolute atomic E-state index is 0.134. The third-order valence-corrected chi connectivity index (χ3v) is 3.93. The number of amides is 1. The van der Waals surface area contributed by atoms with Crippen LogP contribution < -0.4 is 14.8 Å². The SMILES string of the molecule is COc1cc(C(=O)O[C@@H](C)C(=O)Nc2cccc(Cl)c2)cc(Cl)c1OC. The van der Waals surface area contributed by atoms with Crippen LogP contribution >= 0.6 is 23.2 Å². The van der Waals surface area contributed by atoms with E-state index in [1.807, 2.05) is 0 Å². The van der Waals surface area contributed by atoms with Gasteiger partial charge >= 0.3 is 5.97 Å². The summed E-state index contributed by atoms with van der Waals surface area (Å²) >= 11 is 11.9. The Kier molecular flexibility index (Phi) is 6.71. The number of ether oxygens (including phenoxy) is 3. The van der Waals surface area contributed by atoms with Crippen LogP contribution in [0.15, 0.2) is 36.4 Å². The first-order valence-electron chi connectivity index (χ1n) is 7.54. The lowest BCUT2D eigenvalue weighted by molar-refractivity contribution is -0.123. The van der Waals surface area contributed by atoms with Crippen molar-refractivity contribution in [2.45, 2.75) is 13.0 Å². The molecule has 8 heteroatoms. The summed E-state index contributed by atoms with van der Waals surface area (Å²) in [6, 6.07) is 9.44. The minimum atomic E-state index is -1.03. The summed E-state index contributed by atoms with van der Waals surface area (Å²) in [7, 11) is 2.86. The second-order valence-corrected chi connectivity index (χ2v) is 6.08. The fourth-order valence-electron chi connectivity index (χ4n) is 2.13. The standard InChI is InChI=1S/C18H17Cl2NO5/c1-10(17(22)21-13-6-4-5-12(19)9-13)26-18(23)11-7-14(20)16(25-3)15(8-11)24-2/h4-10H,1-3H3,(H,21,22)/t10-/m0/s1. The highest BCUT2D eigenvalue weighted by molar-refractivity contribution is 6.32. The fraction of sp³-hybridized carbons (Fsp3) is 0.222. The van der Waals surface area contributed by atoms with Crippen LogP contribution in [0.25, 0.3) is 0 Å². The van der Waals surface area contributed by atoms with Crippen molar-refractivity contribution in [3.8, 4) is 11.5 Å². The van der Waals surface area contributed by atoms with Gasteiger partial charge in [0.25, 0.3) is 5.91 Å². The van der Waals surface area contributed by atoms with Crippen LogP contribution in [-0.2, 0) is 9.53 Å². The first-order valence-corrected chi connectivity index (χ1v) is 8.30. The monoisotopic (exact) mass is 397 g/mol. The molecule has 0 radical (unpaired) electrons. The molecule has 0 heterocycles. The van der Waals surface area contributed by atoms with Crippen molar-refractivity contribution in [1.82, 2.24) is 0 Å². The summed E-state index contributed by atoms with van der Waals surface area (Å²) in [4.78, 5) is 24.5. The van der Waals surface area contributed by atoms with Gasteiger partial charge in [-0.15, -0.1) is 0 Å². The van der Waals surface area contributed by atoms with E-state index in [9.17, 15) is 9.59 Å². The van der Waals surface area contributed by atoms with Crippen LogP contribution in [0.5, 0.6) is 11.5 Å². The maximum absolute atomic E-state index is 12.3. The van der Waals surface area contributed by atoms with Gasteiger partial charge in [0.05, 0.1) is 24.8 Å². The van der Waals surface area contributed by atoms with Gasteiger partial charge < -0.3 is 19.5 Å². The highest BCUT2D eigenvalue weighted by atomic mass is 35.5. The van der Waals surface area contributed by atoms with Crippen molar-refractivity contribution in [2.24, 2.45) is 0 Å². The van der Waals surface area contributed by atoms with Crippen molar-refractivity contribution in [2.75, 3.05) is 19.5 Å². The van der Waals surface area contributed by atoms with Gasteiger partial charge in [-0.05, 0) is 37.3 Å². The van der Waals surface area contributed by atoms with Crippen LogP contribution in [-0.4, -0.2) is 32.2 Å². The predicted octanol–water partition coefficient (Wildman–Crippen LogP) is 4.19. The molecule has 1 N–H and O–H groups in total. The molecule has 138 valence electrons. The summed E-state index contributed by atoms with van der Waals surface area (Å²) in [6.07, 6.45) is -1.03. The number of methoxy groups -OCH3 is 2.